The van der Waals surface area contributed by atoms with Gasteiger partial charge in [0, 0.05) is 19.6 Å². The van der Waals surface area contributed by atoms with Crippen LogP contribution in [-0.4, -0.2) is 9.12 Å². The van der Waals surface area contributed by atoms with E-state index in [2.05, 4.69) is 60.1 Å². The van der Waals surface area contributed by atoms with Crippen LogP contribution in [0.5, 0.6) is 0 Å². The summed E-state index contributed by atoms with van der Waals surface area (Å²) in [5.41, 5.74) is 2.76. The molecule has 0 unspecified atom stereocenters. The van der Waals surface area contributed by atoms with Crippen molar-refractivity contribution in [2.75, 3.05) is 0 Å². The van der Waals surface area contributed by atoms with Gasteiger partial charge >= 0.3 is 0 Å². The van der Waals surface area contributed by atoms with Crippen LogP contribution in [0.15, 0.2) is 39.0 Å². The Hall–Kier alpha value is -0.443. The first-order valence-corrected chi connectivity index (χ1v) is 7.92. The van der Waals surface area contributed by atoms with Crippen molar-refractivity contribution in [2.45, 2.75) is 13.8 Å². The van der Waals surface area contributed by atoms with E-state index in [9.17, 15) is 0 Å². The van der Waals surface area contributed by atoms with Gasteiger partial charge in [0.25, 0.3) is 0 Å². The third kappa shape index (κ3) is 1.83. The molecule has 0 aromatic carbocycles. The van der Waals surface area contributed by atoms with E-state index >= 15 is 0 Å². The molecule has 0 amide bonds. The highest BCUT2D eigenvalue weighted by Crippen LogP contribution is 2.41. The Balaban J connectivity index is 2.42. The molecule has 3 rings (SSSR count). The zero-order valence-corrected chi connectivity index (χ0v) is 13.2. The minimum absolute atomic E-state index is 0.0301. The number of halogens is 2. The molecule has 1 aromatic heterocycles. The van der Waals surface area contributed by atoms with Gasteiger partial charge in [-0.1, -0.05) is 65.7 Å². The standard InChI is InChI=1S/C14H12BrClSi/c1-14(2)7-9(16)5-8-6-11-10(13(8)14)3-4-12(15)17-11/h3-7,17H,1-2H3. The predicted octanol–water partition coefficient (Wildman–Crippen LogP) is 2.55. The fourth-order valence-electron chi connectivity index (χ4n) is 2.72. The lowest BCUT2D eigenvalue weighted by molar-refractivity contribution is 0.643. The molecule has 1 aromatic rings. The molecule has 3 heteroatoms. The average molecular weight is 324 g/mol. The van der Waals surface area contributed by atoms with Crippen LogP contribution < -0.4 is 10.0 Å². The molecule has 0 atom stereocenters. The molecule has 0 saturated carbocycles. The van der Waals surface area contributed by atoms with Gasteiger partial charge in [-0.2, -0.15) is 0 Å². The lowest BCUT2D eigenvalue weighted by Crippen LogP contribution is -2.30. The van der Waals surface area contributed by atoms with Crippen molar-refractivity contribution in [3.05, 3.63) is 49.0 Å². The van der Waals surface area contributed by atoms with Crippen LogP contribution in [0.1, 0.15) is 13.8 Å². The smallest absolute Gasteiger partial charge is 0.0484 e. The number of allylic oxidation sites excluding steroid dienone is 4. The van der Waals surface area contributed by atoms with Gasteiger partial charge in [-0.05, 0) is 31.4 Å². The van der Waals surface area contributed by atoms with Crippen LogP contribution in [0.3, 0.4) is 0 Å². The summed E-state index contributed by atoms with van der Waals surface area (Å²) in [6.07, 6.45) is 6.54. The highest BCUT2D eigenvalue weighted by molar-refractivity contribution is 9.11. The van der Waals surface area contributed by atoms with Crippen molar-refractivity contribution < 1.29 is 0 Å². The fraction of sp³-hybridized carbons (Fsp3) is 0.214. The summed E-state index contributed by atoms with van der Waals surface area (Å²) >= 11 is 9.81. The molecule has 2 aliphatic carbocycles. The van der Waals surface area contributed by atoms with E-state index in [0.717, 1.165) is 5.03 Å². The van der Waals surface area contributed by atoms with Crippen molar-refractivity contribution in [1.82, 2.24) is 0 Å². The van der Waals surface area contributed by atoms with Crippen LogP contribution in [0.4, 0.5) is 0 Å². The second-order valence-corrected chi connectivity index (χ2v) is 8.83. The van der Waals surface area contributed by atoms with E-state index in [0.29, 0.717) is 0 Å². The first kappa shape index (κ1) is 11.6. The lowest BCUT2D eigenvalue weighted by atomic mass is 9.77. The van der Waals surface area contributed by atoms with Gasteiger partial charge in [0.15, 0.2) is 0 Å². The zero-order chi connectivity index (χ0) is 12.2. The maximum atomic E-state index is 6.20. The first-order chi connectivity index (χ1) is 7.97. The quantitative estimate of drug-likeness (QED) is 0.644. The minimum Gasteiger partial charge on any atom is -0.0846 e. The molecule has 17 heavy (non-hydrogen) atoms. The molecule has 1 heterocycles. The second kappa shape index (κ2) is 3.77. The molecular formula is C14H12BrClSi. The summed E-state index contributed by atoms with van der Waals surface area (Å²) in [6.45, 7) is 4.47. The Kier molecular flexibility index (Phi) is 2.58. The third-order valence-electron chi connectivity index (χ3n) is 3.32. The average Bonchev–Trinajstić information content (AvgIpc) is 2.53. The van der Waals surface area contributed by atoms with Crippen molar-refractivity contribution in [3.8, 4) is 0 Å². The monoisotopic (exact) mass is 322 g/mol. The summed E-state index contributed by atoms with van der Waals surface area (Å²) < 4.78 is 1.32. The second-order valence-electron chi connectivity index (χ2n) is 5.10. The van der Waals surface area contributed by atoms with Gasteiger partial charge in [0.1, 0.15) is 0 Å². The van der Waals surface area contributed by atoms with Gasteiger partial charge in [0.05, 0.1) is 0 Å². The van der Waals surface area contributed by atoms with Gasteiger partial charge in [-0.25, -0.2) is 0 Å². The SMILES string of the molecule is CC1(C)C=C(Cl)C=C2C=c3[siH]c(Br)ccc3=C21. The van der Waals surface area contributed by atoms with Crippen molar-refractivity contribution in [2.24, 2.45) is 5.41 Å². The Morgan fingerprint density at radius 2 is 2.00 bits per heavy atom. The maximum Gasteiger partial charge on any atom is 0.0484 e. The molecule has 0 N–H and O–H groups in total. The van der Waals surface area contributed by atoms with Gasteiger partial charge in [0.2, 0.25) is 0 Å². The van der Waals surface area contributed by atoms with Gasteiger partial charge in [-0.15, -0.1) is 0 Å². The normalized spacial score (nSPS) is 20.1. The first-order valence-electron chi connectivity index (χ1n) is 5.60. The zero-order valence-electron chi connectivity index (χ0n) is 9.72. The van der Waals surface area contributed by atoms with E-state index in [-0.39, 0.29) is 14.5 Å². The Morgan fingerprint density at radius 3 is 2.76 bits per heavy atom. The largest absolute Gasteiger partial charge is 0.0846 e. The van der Waals surface area contributed by atoms with Crippen LogP contribution >= 0.6 is 27.5 Å². The molecule has 0 aliphatic heterocycles. The number of hydrogen-bond donors (Lipinski definition) is 0. The molecule has 2 aliphatic rings. The van der Waals surface area contributed by atoms with E-state index in [1.54, 1.807) is 0 Å². The summed E-state index contributed by atoms with van der Waals surface area (Å²) in [6, 6.07) is 4.42. The van der Waals surface area contributed by atoms with Crippen molar-refractivity contribution >= 4 is 48.3 Å². The van der Waals surface area contributed by atoms with Crippen LogP contribution in [0.2, 0.25) is 0 Å². The van der Waals surface area contributed by atoms with E-state index in [1.165, 1.54) is 25.3 Å². The van der Waals surface area contributed by atoms with E-state index < -0.39 is 0 Å². The van der Waals surface area contributed by atoms with Crippen LogP contribution in [0, 0.1) is 5.41 Å². The van der Waals surface area contributed by atoms with E-state index in [4.69, 9.17) is 11.6 Å². The van der Waals surface area contributed by atoms with E-state index in [1.807, 2.05) is 0 Å². The molecule has 0 bridgehead atoms. The fourth-order valence-corrected chi connectivity index (χ4v) is 5.13. The molecule has 0 fully saturated rings. The Labute approximate surface area is 116 Å². The van der Waals surface area contributed by atoms with Gasteiger partial charge < -0.3 is 0 Å². The third-order valence-corrected chi connectivity index (χ3v) is 5.75. The number of fused-ring (bicyclic) bond motifs is 2. The Morgan fingerprint density at radius 1 is 1.24 bits per heavy atom. The molecule has 86 valence electrons. The summed E-state index contributed by atoms with van der Waals surface area (Å²) in [4.78, 5) is 1.48. The molecule has 0 spiro atoms. The summed E-state index contributed by atoms with van der Waals surface area (Å²) in [7, 11) is 0.205. The van der Waals surface area contributed by atoms with Crippen molar-refractivity contribution in [1.29, 1.82) is 0 Å². The maximum absolute atomic E-state index is 6.20. The highest BCUT2D eigenvalue weighted by atomic mass is 79.9. The topological polar surface area (TPSA) is 0 Å². The molecule has 0 nitrogen and oxygen atoms in total. The van der Waals surface area contributed by atoms with Crippen molar-refractivity contribution in [3.63, 3.8) is 0 Å². The highest BCUT2D eigenvalue weighted by Gasteiger charge is 2.29. The molecular weight excluding hydrogens is 312 g/mol. The molecule has 0 saturated heterocycles. The summed E-state index contributed by atoms with van der Waals surface area (Å²) in [5.74, 6) is 0. The number of hydrogen-bond acceptors (Lipinski definition) is 0. The Bertz CT molecular complexity index is 695. The van der Waals surface area contributed by atoms with Crippen LogP contribution in [0.25, 0.3) is 11.6 Å². The lowest BCUT2D eigenvalue weighted by Gasteiger charge is -2.27. The van der Waals surface area contributed by atoms with Gasteiger partial charge in [-0.3, -0.25) is 0 Å². The number of rotatable bonds is 0. The molecule has 0 radical (unpaired) electrons. The minimum atomic E-state index is 0.0301. The summed E-state index contributed by atoms with van der Waals surface area (Å²) in [5, 5.41) is 2.27. The predicted molar refractivity (Wildman–Crippen MR) is 79.8 cm³/mol. The van der Waals surface area contributed by atoms with Crippen LogP contribution in [-0.2, 0) is 0 Å².